The van der Waals surface area contributed by atoms with Crippen LogP contribution in [0.15, 0.2) is 24.4 Å². The van der Waals surface area contributed by atoms with Crippen LogP contribution in [0.3, 0.4) is 0 Å². The number of carboxylic acids is 1. The number of hydrogen-bond acceptors (Lipinski definition) is 2. The van der Waals surface area contributed by atoms with Crippen molar-refractivity contribution in [3.8, 4) is 6.07 Å². The van der Waals surface area contributed by atoms with Crippen molar-refractivity contribution in [3.63, 3.8) is 0 Å². The summed E-state index contributed by atoms with van der Waals surface area (Å²) in [4.78, 5) is 13.5. The van der Waals surface area contributed by atoms with Crippen molar-refractivity contribution in [2.75, 3.05) is 0 Å². The molecule has 1 heterocycles. The summed E-state index contributed by atoms with van der Waals surface area (Å²) >= 11 is 0. The molecular weight excluding hydrogens is 204 g/mol. The molecule has 2 N–H and O–H groups in total. The number of nitrogens with one attached hydrogen (secondary N) is 1. The van der Waals surface area contributed by atoms with Crippen LogP contribution in [0.2, 0.25) is 0 Å². The molecule has 0 aliphatic heterocycles. The van der Waals surface area contributed by atoms with E-state index in [0.29, 0.717) is 12.0 Å². The zero-order chi connectivity index (χ0) is 11.5. The molecular formula is C12H10N2O2. The third kappa shape index (κ3) is 1.75. The Morgan fingerprint density at radius 2 is 2.25 bits per heavy atom. The predicted octanol–water partition coefficient (Wildman–Crippen LogP) is 2.06. The first-order chi connectivity index (χ1) is 7.72. The van der Waals surface area contributed by atoms with Crippen molar-refractivity contribution >= 4 is 16.9 Å². The summed E-state index contributed by atoms with van der Waals surface area (Å²) in [6.07, 6.45) is 2.34. The van der Waals surface area contributed by atoms with Gasteiger partial charge in [0.1, 0.15) is 6.07 Å². The van der Waals surface area contributed by atoms with Crippen molar-refractivity contribution in [2.24, 2.45) is 0 Å². The lowest BCUT2D eigenvalue weighted by atomic mass is 10.0. The molecule has 0 unspecified atom stereocenters. The number of H-pyrrole nitrogens is 1. The van der Waals surface area contributed by atoms with Gasteiger partial charge in [0.05, 0.1) is 11.1 Å². The summed E-state index contributed by atoms with van der Waals surface area (Å²) in [5.41, 5.74) is 2.32. The lowest BCUT2D eigenvalue weighted by Gasteiger charge is -2.02. The van der Waals surface area contributed by atoms with Gasteiger partial charge in [0.2, 0.25) is 0 Å². The summed E-state index contributed by atoms with van der Waals surface area (Å²) in [7, 11) is 0. The van der Waals surface area contributed by atoms with Crippen LogP contribution >= 0.6 is 0 Å². The first-order valence-corrected chi connectivity index (χ1v) is 4.93. The average molecular weight is 214 g/mol. The van der Waals surface area contributed by atoms with Crippen LogP contribution in [0.1, 0.15) is 17.5 Å². The van der Waals surface area contributed by atoms with Gasteiger partial charge in [-0.1, -0.05) is 6.07 Å². The maximum absolute atomic E-state index is 10.5. The van der Waals surface area contributed by atoms with E-state index in [4.69, 9.17) is 10.4 Å². The number of aromatic amines is 1. The van der Waals surface area contributed by atoms with Gasteiger partial charge in [-0.3, -0.25) is 4.79 Å². The van der Waals surface area contributed by atoms with E-state index in [0.717, 1.165) is 16.5 Å². The van der Waals surface area contributed by atoms with Crippen molar-refractivity contribution in [2.45, 2.75) is 12.8 Å². The van der Waals surface area contributed by atoms with Crippen molar-refractivity contribution < 1.29 is 9.90 Å². The molecule has 2 rings (SSSR count). The molecule has 0 aliphatic carbocycles. The number of rotatable bonds is 3. The average Bonchev–Trinajstić information content (AvgIpc) is 2.74. The largest absolute Gasteiger partial charge is 0.481 e. The number of carbonyl (C=O) groups is 1. The lowest BCUT2D eigenvalue weighted by Crippen LogP contribution is -1.98. The van der Waals surface area contributed by atoms with Gasteiger partial charge >= 0.3 is 5.97 Å². The van der Waals surface area contributed by atoms with Crippen LogP contribution < -0.4 is 0 Å². The first-order valence-electron chi connectivity index (χ1n) is 4.93. The third-order valence-electron chi connectivity index (χ3n) is 2.54. The third-order valence-corrected chi connectivity index (χ3v) is 2.54. The molecule has 80 valence electrons. The molecule has 0 amide bonds. The number of carboxylic acid groups (broad SMARTS) is 1. The van der Waals surface area contributed by atoms with Crippen LogP contribution in [0, 0.1) is 11.3 Å². The van der Waals surface area contributed by atoms with Crippen molar-refractivity contribution in [3.05, 3.63) is 35.5 Å². The monoisotopic (exact) mass is 214 g/mol. The number of fused-ring (bicyclic) bond motifs is 1. The topological polar surface area (TPSA) is 76.9 Å². The molecule has 0 saturated heterocycles. The van der Waals surface area contributed by atoms with Gasteiger partial charge in [0.25, 0.3) is 0 Å². The second-order valence-electron chi connectivity index (χ2n) is 3.54. The highest BCUT2D eigenvalue weighted by Crippen LogP contribution is 2.22. The van der Waals surface area contributed by atoms with Gasteiger partial charge in [-0.25, -0.2) is 0 Å². The molecule has 16 heavy (non-hydrogen) atoms. The van der Waals surface area contributed by atoms with Crippen LogP contribution in [-0.4, -0.2) is 16.1 Å². The van der Waals surface area contributed by atoms with E-state index < -0.39 is 5.97 Å². The van der Waals surface area contributed by atoms with Gasteiger partial charge in [-0.2, -0.15) is 5.26 Å². The summed E-state index contributed by atoms with van der Waals surface area (Å²) in [6, 6.07) is 7.50. The quantitative estimate of drug-likeness (QED) is 0.820. The highest BCUT2D eigenvalue weighted by molar-refractivity contribution is 5.88. The van der Waals surface area contributed by atoms with E-state index in [-0.39, 0.29) is 6.42 Å². The Morgan fingerprint density at radius 1 is 1.44 bits per heavy atom. The minimum atomic E-state index is -0.812. The summed E-state index contributed by atoms with van der Waals surface area (Å²) in [5, 5.41) is 18.5. The Hall–Kier alpha value is -2.28. The molecule has 0 atom stereocenters. The number of aliphatic carboxylic acids is 1. The summed E-state index contributed by atoms with van der Waals surface area (Å²) in [5.74, 6) is -0.812. The number of hydrogen-bond donors (Lipinski definition) is 2. The number of aromatic nitrogens is 1. The fraction of sp³-hybridized carbons (Fsp3) is 0.167. The minimum absolute atomic E-state index is 0.103. The summed E-state index contributed by atoms with van der Waals surface area (Å²) in [6.45, 7) is 0. The Bertz CT molecular complexity index is 578. The second-order valence-corrected chi connectivity index (χ2v) is 3.54. The van der Waals surface area contributed by atoms with Crippen molar-refractivity contribution in [1.82, 2.24) is 4.98 Å². The SMILES string of the molecule is N#Cc1ccc(CCC(=O)O)c2cc[nH]c12. The van der Waals surface area contributed by atoms with Crippen molar-refractivity contribution in [1.29, 1.82) is 5.26 Å². The van der Waals surface area contributed by atoms with E-state index in [1.807, 2.05) is 12.1 Å². The Labute approximate surface area is 92.1 Å². The van der Waals surface area contributed by atoms with Gasteiger partial charge in [-0.05, 0) is 24.1 Å². The maximum Gasteiger partial charge on any atom is 0.303 e. The normalized spacial score (nSPS) is 10.2. The van der Waals surface area contributed by atoms with Crippen LogP contribution in [0.4, 0.5) is 0 Å². The highest BCUT2D eigenvalue weighted by atomic mass is 16.4. The molecule has 0 bridgehead atoms. The zero-order valence-corrected chi connectivity index (χ0v) is 8.53. The van der Waals surface area contributed by atoms with Crippen LogP contribution in [0.25, 0.3) is 10.9 Å². The smallest absolute Gasteiger partial charge is 0.303 e. The molecule has 0 aliphatic rings. The molecule has 1 aromatic carbocycles. The molecule has 0 saturated carbocycles. The minimum Gasteiger partial charge on any atom is -0.481 e. The maximum atomic E-state index is 10.5. The molecule has 0 radical (unpaired) electrons. The van der Waals surface area contributed by atoms with Gasteiger partial charge in [-0.15, -0.1) is 0 Å². The second kappa shape index (κ2) is 4.07. The number of nitriles is 1. The molecule has 4 heteroatoms. The number of benzene rings is 1. The van der Waals surface area contributed by atoms with Gasteiger partial charge < -0.3 is 10.1 Å². The Balaban J connectivity index is 2.44. The van der Waals surface area contributed by atoms with Crippen LogP contribution in [0.5, 0.6) is 0 Å². The Morgan fingerprint density at radius 3 is 2.94 bits per heavy atom. The van der Waals surface area contributed by atoms with Crippen LogP contribution in [-0.2, 0) is 11.2 Å². The van der Waals surface area contributed by atoms with Gasteiger partial charge in [0.15, 0.2) is 0 Å². The van der Waals surface area contributed by atoms with E-state index in [2.05, 4.69) is 11.1 Å². The number of nitrogens with zero attached hydrogens (tertiary/aromatic N) is 1. The lowest BCUT2D eigenvalue weighted by molar-refractivity contribution is -0.136. The number of aryl methyl sites for hydroxylation is 1. The predicted molar refractivity (Wildman–Crippen MR) is 59.0 cm³/mol. The highest BCUT2D eigenvalue weighted by Gasteiger charge is 2.07. The zero-order valence-electron chi connectivity index (χ0n) is 8.53. The van der Waals surface area contributed by atoms with E-state index in [1.54, 1.807) is 12.3 Å². The molecule has 0 fully saturated rings. The van der Waals surface area contributed by atoms with E-state index in [1.165, 1.54) is 0 Å². The van der Waals surface area contributed by atoms with E-state index in [9.17, 15) is 4.79 Å². The van der Waals surface area contributed by atoms with Gasteiger partial charge in [0, 0.05) is 18.0 Å². The van der Waals surface area contributed by atoms with E-state index >= 15 is 0 Å². The standard InChI is InChI=1S/C12H10N2O2/c13-7-9-2-1-8(3-4-11(15)16)10-5-6-14-12(9)10/h1-2,5-6,14H,3-4H2,(H,15,16). The fourth-order valence-corrected chi connectivity index (χ4v) is 1.77. The molecule has 4 nitrogen and oxygen atoms in total. The fourth-order valence-electron chi connectivity index (χ4n) is 1.77. The molecule has 1 aromatic heterocycles. The molecule has 2 aromatic rings. The Kier molecular flexibility index (Phi) is 2.61. The summed E-state index contributed by atoms with van der Waals surface area (Å²) < 4.78 is 0. The first kappa shape index (κ1) is 10.2. The molecule has 0 spiro atoms.